The number of carbonyl (C=O) groups excluding carboxylic acids is 1. The van der Waals surface area contributed by atoms with Gasteiger partial charge >= 0.3 is 0 Å². The summed E-state index contributed by atoms with van der Waals surface area (Å²) in [5.41, 5.74) is 9.01. The Morgan fingerprint density at radius 2 is 1.76 bits per heavy atom. The summed E-state index contributed by atoms with van der Waals surface area (Å²) in [6, 6.07) is 15.6. The van der Waals surface area contributed by atoms with Gasteiger partial charge in [-0.25, -0.2) is 0 Å². The molecule has 0 bridgehead atoms. The van der Waals surface area contributed by atoms with Crippen LogP contribution in [0.3, 0.4) is 0 Å². The molecule has 2 N–H and O–H groups in total. The van der Waals surface area contributed by atoms with E-state index in [1.54, 1.807) is 0 Å². The molecule has 0 heterocycles. The number of nitrogens with two attached hydrogens (primary N) is 1. The maximum absolute atomic E-state index is 11.3. The van der Waals surface area contributed by atoms with E-state index in [4.69, 9.17) is 5.73 Å². The van der Waals surface area contributed by atoms with Gasteiger partial charge in [0.15, 0.2) is 0 Å². The van der Waals surface area contributed by atoms with E-state index < -0.39 is 5.91 Å². The van der Waals surface area contributed by atoms with Crippen LogP contribution in [0.2, 0.25) is 0 Å². The van der Waals surface area contributed by atoms with Crippen LogP contribution in [0.15, 0.2) is 48.5 Å². The number of hydrogen-bond acceptors (Lipinski definition) is 1. The molecule has 2 rings (SSSR count). The predicted molar refractivity (Wildman–Crippen MR) is 73.0 cm³/mol. The second kappa shape index (κ2) is 5.15. The number of hydrogen-bond donors (Lipinski definition) is 1. The molecule has 0 saturated carbocycles. The fraction of sp³-hybridized carbons (Fsp3) is 0.0714. The van der Waals surface area contributed by atoms with Crippen LogP contribution in [0, 0.1) is 0 Å². The zero-order valence-electron chi connectivity index (χ0n) is 9.19. The van der Waals surface area contributed by atoms with Crippen molar-refractivity contribution in [2.45, 2.75) is 5.33 Å². The molecule has 0 saturated heterocycles. The lowest BCUT2D eigenvalue weighted by molar-refractivity contribution is 0.100. The van der Waals surface area contributed by atoms with Gasteiger partial charge in [0.25, 0.3) is 0 Å². The summed E-state index contributed by atoms with van der Waals surface area (Å²) in [6.45, 7) is 0. The lowest BCUT2D eigenvalue weighted by atomic mass is 10.00. The molecule has 3 heteroatoms. The summed E-state index contributed by atoms with van der Waals surface area (Å²) in [4.78, 5) is 11.3. The van der Waals surface area contributed by atoms with Crippen LogP contribution in [0.1, 0.15) is 15.9 Å². The monoisotopic (exact) mass is 289 g/mol. The lowest BCUT2D eigenvalue weighted by Crippen LogP contribution is -2.11. The van der Waals surface area contributed by atoms with Gasteiger partial charge in [0, 0.05) is 10.9 Å². The van der Waals surface area contributed by atoms with Crippen molar-refractivity contribution >= 4 is 21.8 Å². The topological polar surface area (TPSA) is 43.1 Å². The van der Waals surface area contributed by atoms with Crippen molar-refractivity contribution in [1.82, 2.24) is 0 Å². The third-order valence-electron chi connectivity index (χ3n) is 2.54. The van der Waals surface area contributed by atoms with Gasteiger partial charge in [0.05, 0.1) is 0 Å². The van der Waals surface area contributed by atoms with Crippen molar-refractivity contribution in [3.8, 4) is 11.1 Å². The first-order chi connectivity index (χ1) is 8.20. The summed E-state index contributed by atoms with van der Waals surface area (Å²) in [7, 11) is 0. The Morgan fingerprint density at radius 1 is 1.06 bits per heavy atom. The van der Waals surface area contributed by atoms with Crippen molar-refractivity contribution in [3.63, 3.8) is 0 Å². The molecule has 1 amide bonds. The van der Waals surface area contributed by atoms with Crippen LogP contribution in [-0.2, 0) is 5.33 Å². The summed E-state index contributed by atoms with van der Waals surface area (Å²) >= 11 is 3.40. The highest BCUT2D eigenvalue weighted by Crippen LogP contribution is 2.23. The molecule has 2 aromatic rings. The average molecular weight is 290 g/mol. The van der Waals surface area contributed by atoms with Gasteiger partial charge in [-0.1, -0.05) is 52.3 Å². The molecule has 17 heavy (non-hydrogen) atoms. The minimum absolute atomic E-state index is 0.398. The fourth-order valence-electron chi connectivity index (χ4n) is 1.71. The van der Waals surface area contributed by atoms with Crippen LogP contribution in [-0.4, -0.2) is 5.91 Å². The van der Waals surface area contributed by atoms with Crippen molar-refractivity contribution in [2.75, 3.05) is 0 Å². The van der Waals surface area contributed by atoms with Crippen LogP contribution < -0.4 is 5.73 Å². The van der Waals surface area contributed by atoms with Gasteiger partial charge in [-0.05, 0) is 28.8 Å². The number of carbonyl (C=O) groups is 1. The van der Waals surface area contributed by atoms with E-state index in [0.29, 0.717) is 10.9 Å². The van der Waals surface area contributed by atoms with E-state index >= 15 is 0 Å². The summed E-state index contributed by atoms with van der Waals surface area (Å²) in [5.74, 6) is -0.398. The first-order valence-electron chi connectivity index (χ1n) is 5.26. The van der Waals surface area contributed by atoms with Gasteiger partial charge in [-0.3, -0.25) is 4.79 Å². The van der Waals surface area contributed by atoms with Crippen molar-refractivity contribution in [3.05, 3.63) is 59.7 Å². The minimum Gasteiger partial charge on any atom is -0.366 e. The van der Waals surface area contributed by atoms with Gasteiger partial charge in [0.1, 0.15) is 0 Å². The first-order valence-corrected chi connectivity index (χ1v) is 6.38. The van der Waals surface area contributed by atoms with Crippen LogP contribution in [0.4, 0.5) is 0 Å². The molecule has 0 aliphatic carbocycles. The highest BCUT2D eigenvalue weighted by atomic mass is 79.9. The van der Waals surface area contributed by atoms with E-state index in [2.05, 4.69) is 22.0 Å². The van der Waals surface area contributed by atoms with E-state index in [1.807, 2.05) is 42.5 Å². The molecule has 0 unspecified atom stereocenters. The Labute approximate surface area is 109 Å². The Kier molecular flexibility index (Phi) is 3.59. The lowest BCUT2D eigenvalue weighted by Gasteiger charge is -2.06. The molecule has 0 atom stereocenters. The normalized spacial score (nSPS) is 10.2. The van der Waals surface area contributed by atoms with E-state index in [0.717, 1.165) is 16.7 Å². The van der Waals surface area contributed by atoms with Crippen molar-refractivity contribution in [1.29, 1.82) is 0 Å². The van der Waals surface area contributed by atoms with Crippen molar-refractivity contribution < 1.29 is 4.79 Å². The molecule has 2 aromatic carbocycles. The highest BCUT2D eigenvalue weighted by molar-refractivity contribution is 9.08. The molecular formula is C14H12BrNO. The number of halogens is 1. The SMILES string of the molecule is NC(=O)c1cc(CBr)cc(-c2ccccc2)c1. The highest BCUT2D eigenvalue weighted by Gasteiger charge is 2.06. The standard InChI is InChI=1S/C14H12BrNO/c15-9-10-6-12(8-13(7-10)14(16)17)11-4-2-1-3-5-11/h1-8H,9H2,(H2,16,17). The minimum atomic E-state index is -0.398. The number of primary amides is 1. The summed E-state index contributed by atoms with van der Waals surface area (Å²) in [5, 5.41) is 0.702. The molecule has 2 nitrogen and oxygen atoms in total. The average Bonchev–Trinajstić information content (AvgIpc) is 2.39. The number of amides is 1. The van der Waals surface area contributed by atoms with Gasteiger partial charge in [-0.2, -0.15) is 0 Å². The van der Waals surface area contributed by atoms with Gasteiger partial charge in [-0.15, -0.1) is 0 Å². The quantitative estimate of drug-likeness (QED) is 0.865. The maximum Gasteiger partial charge on any atom is 0.248 e. The zero-order valence-corrected chi connectivity index (χ0v) is 10.8. The Morgan fingerprint density at radius 3 is 2.35 bits per heavy atom. The second-order valence-electron chi connectivity index (χ2n) is 3.78. The third kappa shape index (κ3) is 2.74. The largest absolute Gasteiger partial charge is 0.366 e. The van der Waals surface area contributed by atoms with Gasteiger partial charge in [0.2, 0.25) is 5.91 Å². The Hall–Kier alpha value is -1.61. The fourth-order valence-corrected chi connectivity index (χ4v) is 2.03. The summed E-state index contributed by atoms with van der Waals surface area (Å²) in [6.07, 6.45) is 0. The first kappa shape index (κ1) is 11.9. The molecule has 0 radical (unpaired) electrons. The molecule has 0 aromatic heterocycles. The van der Waals surface area contributed by atoms with E-state index in [1.165, 1.54) is 0 Å². The maximum atomic E-state index is 11.3. The van der Waals surface area contributed by atoms with Crippen LogP contribution in [0.25, 0.3) is 11.1 Å². The molecule has 0 aliphatic rings. The van der Waals surface area contributed by atoms with Gasteiger partial charge < -0.3 is 5.73 Å². The third-order valence-corrected chi connectivity index (χ3v) is 3.19. The number of alkyl halides is 1. The number of benzene rings is 2. The molecular weight excluding hydrogens is 278 g/mol. The molecule has 86 valence electrons. The zero-order chi connectivity index (χ0) is 12.3. The van der Waals surface area contributed by atoms with Crippen molar-refractivity contribution in [2.24, 2.45) is 5.73 Å². The van der Waals surface area contributed by atoms with E-state index in [9.17, 15) is 4.79 Å². The van der Waals surface area contributed by atoms with Crippen LogP contribution >= 0.6 is 15.9 Å². The molecule has 0 fully saturated rings. The number of rotatable bonds is 3. The second-order valence-corrected chi connectivity index (χ2v) is 4.34. The Bertz CT molecular complexity index is 537. The van der Waals surface area contributed by atoms with E-state index in [-0.39, 0.29) is 0 Å². The smallest absolute Gasteiger partial charge is 0.248 e. The Balaban J connectivity index is 2.54. The summed E-state index contributed by atoms with van der Waals surface area (Å²) < 4.78 is 0. The van der Waals surface area contributed by atoms with Crippen LogP contribution in [0.5, 0.6) is 0 Å². The predicted octanol–water partition coefficient (Wildman–Crippen LogP) is 3.35. The molecule has 0 spiro atoms. The molecule has 0 aliphatic heterocycles.